The van der Waals surface area contributed by atoms with Gasteiger partial charge in [-0.2, -0.15) is 0 Å². The highest BCUT2D eigenvalue weighted by atomic mass is 35.5. The fourth-order valence-electron chi connectivity index (χ4n) is 4.18. The van der Waals surface area contributed by atoms with Crippen LogP contribution >= 0.6 is 23.2 Å². The molecule has 39 heavy (non-hydrogen) atoms. The van der Waals surface area contributed by atoms with Crippen LogP contribution in [0.25, 0.3) is 24.0 Å². The summed E-state index contributed by atoms with van der Waals surface area (Å²) < 4.78 is 16.4. The number of unbranched alkanes of at least 4 members (excludes halogenated alkanes) is 1. The van der Waals surface area contributed by atoms with Gasteiger partial charge < -0.3 is 35.9 Å². The van der Waals surface area contributed by atoms with Crippen LogP contribution in [0.3, 0.4) is 0 Å². The molecule has 0 spiro atoms. The molecule has 11 heteroatoms. The normalized spacial score (nSPS) is 16.4. The van der Waals surface area contributed by atoms with Crippen LogP contribution in [-0.4, -0.2) is 63.6 Å². The lowest BCUT2D eigenvalue weighted by Crippen LogP contribution is -2.44. The predicted molar refractivity (Wildman–Crippen MR) is 161 cm³/mol. The Balaban J connectivity index is 2.00. The molecule has 1 aromatic carbocycles. The number of nitrogens with two attached hydrogens (primary N) is 1. The molecule has 9 nitrogen and oxygen atoms in total. The summed E-state index contributed by atoms with van der Waals surface area (Å²) in [5.41, 5.74) is 7.19. The van der Waals surface area contributed by atoms with Crippen molar-refractivity contribution in [1.29, 1.82) is 0 Å². The number of guanidine groups is 1. The quantitative estimate of drug-likeness (QED) is 0.172. The Morgan fingerprint density at radius 3 is 2.51 bits per heavy atom. The van der Waals surface area contributed by atoms with Gasteiger partial charge in [-0.25, -0.2) is 9.98 Å². The zero-order chi connectivity index (χ0) is 28.4. The first-order chi connectivity index (χ1) is 18.7. The minimum atomic E-state index is 0.132. The third-order valence-electron chi connectivity index (χ3n) is 6.29. The maximum atomic E-state index is 6.72. The number of methoxy groups -OCH3 is 2. The molecule has 0 radical (unpaired) electrons. The Morgan fingerprint density at radius 2 is 1.90 bits per heavy atom. The van der Waals surface area contributed by atoms with Gasteiger partial charge in [-0.05, 0) is 38.3 Å². The van der Waals surface area contributed by atoms with Crippen molar-refractivity contribution in [3.63, 3.8) is 0 Å². The van der Waals surface area contributed by atoms with E-state index in [1.54, 1.807) is 12.3 Å². The van der Waals surface area contributed by atoms with Crippen LogP contribution in [0, 0.1) is 0 Å². The molecule has 0 amide bonds. The van der Waals surface area contributed by atoms with Crippen LogP contribution in [0.5, 0.6) is 11.5 Å². The number of nitrogens with zero attached hydrogens (tertiary/aromatic N) is 2. The van der Waals surface area contributed by atoms with Crippen molar-refractivity contribution in [3.05, 3.63) is 32.6 Å². The summed E-state index contributed by atoms with van der Waals surface area (Å²) in [7, 11) is 3.07. The highest BCUT2D eigenvalue weighted by Gasteiger charge is 2.20. The van der Waals surface area contributed by atoms with E-state index in [2.05, 4.69) is 41.4 Å². The molecule has 1 saturated heterocycles. The predicted octanol–water partition coefficient (Wildman–Crippen LogP) is 3.49. The van der Waals surface area contributed by atoms with Crippen molar-refractivity contribution in [3.8, 4) is 22.8 Å². The van der Waals surface area contributed by atoms with E-state index in [-0.39, 0.29) is 6.04 Å². The third kappa shape index (κ3) is 8.63. The number of nitrogens with one attached hydrogen (secondary N) is 3. The van der Waals surface area contributed by atoms with Crippen LogP contribution in [0.15, 0.2) is 17.1 Å². The summed E-state index contributed by atoms with van der Waals surface area (Å²) in [4.78, 5) is 9.30. The number of hydrogen-bond donors (Lipinski definition) is 4. The van der Waals surface area contributed by atoms with Crippen LogP contribution < -0.4 is 41.6 Å². The molecule has 1 atom stereocenters. The number of ether oxygens (including phenoxy) is 3. The molecule has 0 saturated carbocycles. The SMILES string of the molecule is C=c1c(NCCCCNC(C)C)nc(-c2c(Cl)c(OC)cc(OC)c2Cl)c/c1=C/N=C(\N)NC1CCCOC1. The summed E-state index contributed by atoms with van der Waals surface area (Å²) in [6.07, 6.45) is 5.61. The number of hydrogen-bond acceptors (Lipinski definition) is 7. The molecule has 2 heterocycles. The second kappa shape index (κ2) is 15.2. The molecule has 1 aromatic heterocycles. The lowest BCUT2D eigenvalue weighted by atomic mass is 10.1. The van der Waals surface area contributed by atoms with Crippen LogP contribution in [0.4, 0.5) is 5.82 Å². The molecule has 3 rings (SSSR count). The van der Waals surface area contributed by atoms with Gasteiger partial charge in [0.05, 0.1) is 42.6 Å². The lowest BCUT2D eigenvalue weighted by molar-refractivity contribution is 0.0763. The molecule has 2 aromatic rings. The second-order valence-electron chi connectivity index (χ2n) is 9.65. The monoisotopic (exact) mass is 578 g/mol. The number of pyridine rings is 1. The number of halogens is 2. The Bertz CT molecular complexity index is 1220. The summed E-state index contributed by atoms with van der Waals surface area (Å²) >= 11 is 13.4. The van der Waals surface area contributed by atoms with Crippen molar-refractivity contribution in [2.75, 3.05) is 45.8 Å². The van der Waals surface area contributed by atoms with E-state index >= 15 is 0 Å². The molecule has 0 aliphatic carbocycles. The van der Waals surface area contributed by atoms with E-state index in [1.807, 2.05) is 6.07 Å². The third-order valence-corrected chi connectivity index (χ3v) is 7.04. The highest BCUT2D eigenvalue weighted by molar-refractivity contribution is 6.41. The lowest BCUT2D eigenvalue weighted by Gasteiger charge is -2.23. The highest BCUT2D eigenvalue weighted by Crippen LogP contribution is 2.45. The van der Waals surface area contributed by atoms with Gasteiger partial charge in [-0.15, -0.1) is 0 Å². The Hall–Kier alpha value is -2.72. The van der Waals surface area contributed by atoms with Gasteiger partial charge in [0.25, 0.3) is 0 Å². The van der Waals surface area contributed by atoms with Crippen LogP contribution in [0.2, 0.25) is 10.0 Å². The van der Waals surface area contributed by atoms with Crippen LogP contribution in [0.1, 0.15) is 39.5 Å². The Kier molecular flexibility index (Phi) is 12.0. The fourth-order valence-corrected chi connectivity index (χ4v) is 4.87. The largest absolute Gasteiger partial charge is 0.495 e. The molecular weight excluding hydrogens is 539 g/mol. The summed E-state index contributed by atoms with van der Waals surface area (Å²) in [6.45, 7) is 11.6. The number of benzene rings is 1. The second-order valence-corrected chi connectivity index (χ2v) is 10.4. The number of aliphatic imine (C=N–C) groups is 1. The minimum Gasteiger partial charge on any atom is -0.495 e. The summed E-state index contributed by atoms with van der Waals surface area (Å²) in [5, 5.41) is 12.1. The smallest absolute Gasteiger partial charge is 0.193 e. The van der Waals surface area contributed by atoms with E-state index < -0.39 is 0 Å². The van der Waals surface area contributed by atoms with Crippen molar-refractivity contribution >= 4 is 47.8 Å². The molecular formula is C28H40Cl2N6O3. The molecule has 1 aliphatic rings. The molecule has 0 bridgehead atoms. The maximum absolute atomic E-state index is 6.72. The van der Waals surface area contributed by atoms with Gasteiger partial charge in [-0.3, -0.25) is 0 Å². The van der Waals surface area contributed by atoms with Gasteiger partial charge in [-0.1, -0.05) is 43.6 Å². The van der Waals surface area contributed by atoms with Gasteiger partial charge in [0.1, 0.15) is 17.3 Å². The fraction of sp³-hybridized carbons (Fsp3) is 0.500. The van der Waals surface area contributed by atoms with Gasteiger partial charge in [0, 0.05) is 47.5 Å². The van der Waals surface area contributed by atoms with Crippen molar-refractivity contribution in [2.45, 2.75) is 51.6 Å². The first-order valence-electron chi connectivity index (χ1n) is 13.2. The zero-order valence-corrected chi connectivity index (χ0v) is 24.7. The van der Waals surface area contributed by atoms with Gasteiger partial charge in [0.2, 0.25) is 0 Å². The molecule has 5 N–H and O–H groups in total. The van der Waals surface area contributed by atoms with E-state index in [1.165, 1.54) is 14.2 Å². The maximum Gasteiger partial charge on any atom is 0.193 e. The van der Waals surface area contributed by atoms with E-state index in [9.17, 15) is 0 Å². The zero-order valence-electron chi connectivity index (χ0n) is 23.2. The number of anilines is 1. The van der Waals surface area contributed by atoms with E-state index in [4.69, 9.17) is 48.1 Å². The van der Waals surface area contributed by atoms with Crippen molar-refractivity contribution < 1.29 is 14.2 Å². The van der Waals surface area contributed by atoms with E-state index in [0.29, 0.717) is 67.7 Å². The van der Waals surface area contributed by atoms with Crippen molar-refractivity contribution in [2.24, 2.45) is 10.7 Å². The number of aromatic nitrogens is 1. The Labute approximate surface area is 240 Å². The van der Waals surface area contributed by atoms with E-state index in [0.717, 1.165) is 45.4 Å². The average Bonchev–Trinajstić information content (AvgIpc) is 2.91. The minimum absolute atomic E-state index is 0.132. The standard InChI is InChI=1S/C28H40Cl2N6O3/c1-17(2)32-10-6-7-11-33-27-18(3)19(15-34-28(31)35-20-9-8-12-39-16-20)13-21(36-27)24-25(29)22(37-4)14-23(38-5)26(24)30/h13-15,17,20,32H,3,6-12,16H2,1-2,4-5H3,(H,33,36)(H3,31,34,35)/b19-15-. The molecule has 1 aliphatic heterocycles. The summed E-state index contributed by atoms with van der Waals surface area (Å²) in [5.74, 6) is 1.75. The van der Waals surface area contributed by atoms with Crippen molar-refractivity contribution in [1.82, 2.24) is 15.6 Å². The Morgan fingerprint density at radius 1 is 1.21 bits per heavy atom. The molecule has 1 fully saturated rings. The topological polar surface area (TPSA) is 115 Å². The van der Waals surface area contributed by atoms with Crippen LogP contribution in [-0.2, 0) is 4.74 Å². The van der Waals surface area contributed by atoms with Gasteiger partial charge >= 0.3 is 0 Å². The van der Waals surface area contributed by atoms with Gasteiger partial charge in [0.15, 0.2) is 5.96 Å². The molecule has 214 valence electrons. The first kappa shape index (κ1) is 30.8. The molecule has 1 unspecified atom stereocenters. The summed E-state index contributed by atoms with van der Waals surface area (Å²) in [6, 6.07) is 4.06. The average molecular weight is 580 g/mol. The first-order valence-corrected chi connectivity index (χ1v) is 14.0. The number of rotatable bonds is 12.